The van der Waals surface area contributed by atoms with Gasteiger partial charge in [-0.05, 0) is 32.9 Å². The van der Waals surface area contributed by atoms with Crippen LogP contribution in [0, 0.1) is 0 Å². The van der Waals surface area contributed by atoms with Gasteiger partial charge in [-0.2, -0.15) is 0 Å². The Balaban J connectivity index is 2.20. The minimum atomic E-state index is 0.637. The van der Waals surface area contributed by atoms with Gasteiger partial charge in [-0.1, -0.05) is 0 Å². The average molecular weight is 154 g/mol. The molecule has 0 aromatic heterocycles. The van der Waals surface area contributed by atoms with Gasteiger partial charge in [-0.25, -0.2) is 9.79 Å². The van der Waals surface area contributed by atoms with Crippen LogP contribution in [-0.2, 0) is 4.79 Å². The topological polar surface area (TPSA) is 32.7 Å². The Morgan fingerprint density at radius 1 is 1.73 bits per heavy atom. The van der Waals surface area contributed by atoms with Crippen molar-refractivity contribution in [3.63, 3.8) is 0 Å². The van der Waals surface area contributed by atoms with E-state index in [9.17, 15) is 4.79 Å². The van der Waals surface area contributed by atoms with Gasteiger partial charge in [0.05, 0.1) is 6.54 Å². The van der Waals surface area contributed by atoms with Crippen LogP contribution in [0.5, 0.6) is 0 Å². The van der Waals surface area contributed by atoms with Crippen molar-refractivity contribution in [3.8, 4) is 0 Å². The van der Waals surface area contributed by atoms with Crippen molar-refractivity contribution in [1.82, 2.24) is 4.90 Å². The monoisotopic (exact) mass is 154 g/mol. The second kappa shape index (κ2) is 4.27. The lowest BCUT2D eigenvalue weighted by molar-refractivity contribution is 0.299. The Morgan fingerprint density at radius 2 is 2.55 bits per heavy atom. The molecule has 0 radical (unpaired) electrons. The summed E-state index contributed by atoms with van der Waals surface area (Å²) in [5.74, 6) is 0. The molecule has 0 spiro atoms. The standard InChI is InChI=1S/C8H14N2O/c1-10-6-2-3-8(10)4-5-9-7-11/h8H,2-6H2,1H3/t8-/m1/s1. The third-order valence-corrected chi connectivity index (χ3v) is 2.31. The number of likely N-dealkylation sites (tertiary alicyclic amines) is 1. The van der Waals surface area contributed by atoms with Crippen molar-refractivity contribution < 1.29 is 4.79 Å². The lowest BCUT2D eigenvalue weighted by Gasteiger charge is -2.17. The Kier molecular flexibility index (Phi) is 3.27. The van der Waals surface area contributed by atoms with E-state index in [-0.39, 0.29) is 0 Å². The zero-order chi connectivity index (χ0) is 8.10. The fourth-order valence-electron chi connectivity index (χ4n) is 1.60. The summed E-state index contributed by atoms with van der Waals surface area (Å²) >= 11 is 0. The fraction of sp³-hybridized carbons (Fsp3) is 0.875. The highest BCUT2D eigenvalue weighted by Gasteiger charge is 2.19. The smallest absolute Gasteiger partial charge is 0.234 e. The maximum absolute atomic E-state index is 9.75. The van der Waals surface area contributed by atoms with Crippen LogP contribution >= 0.6 is 0 Å². The van der Waals surface area contributed by atoms with Crippen molar-refractivity contribution in [2.24, 2.45) is 4.99 Å². The highest BCUT2D eigenvalue weighted by molar-refractivity contribution is 5.32. The largest absolute Gasteiger partial charge is 0.303 e. The Labute approximate surface area is 67.1 Å². The summed E-state index contributed by atoms with van der Waals surface area (Å²) in [6, 6.07) is 0.645. The van der Waals surface area contributed by atoms with Gasteiger partial charge in [-0.15, -0.1) is 0 Å². The molecule has 1 heterocycles. The third-order valence-electron chi connectivity index (χ3n) is 2.31. The molecule has 0 unspecified atom stereocenters. The Hall–Kier alpha value is -0.660. The quantitative estimate of drug-likeness (QED) is 0.445. The van der Waals surface area contributed by atoms with Gasteiger partial charge in [0.25, 0.3) is 0 Å². The number of hydrogen-bond donors (Lipinski definition) is 0. The van der Waals surface area contributed by atoms with Crippen LogP contribution in [0.25, 0.3) is 0 Å². The first kappa shape index (κ1) is 8.44. The van der Waals surface area contributed by atoms with Gasteiger partial charge in [0.1, 0.15) is 0 Å². The molecule has 1 aliphatic rings. The lowest BCUT2D eigenvalue weighted by Crippen LogP contribution is -2.25. The summed E-state index contributed by atoms with van der Waals surface area (Å²) in [5.41, 5.74) is 0. The van der Waals surface area contributed by atoms with E-state index >= 15 is 0 Å². The maximum atomic E-state index is 9.75. The summed E-state index contributed by atoms with van der Waals surface area (Å²) in [6.45, 7) is 1.83. The first-order valence-electron chi connectivity index (χ1n) is 4.08. The minimum absolute atomic E-state index is 0.637. The van der Waals surface area contributed by atoms with Crippen molar-refractivity contribution >= 4 is 6.08 Å². The minimum Gasteiger partial charge on any atom is -0.303 e. The van der Waals surface area contributed by atoms with E-state index in [0.717, 1.165) is 6.42 Å². The predicted molar refractivity (Wildman–Crippen MR) is 43.3 cm³/mol. The van der Waals surface area contributed by atoms with Crippen LogP contribution in [0.15, 0.2) is 4.99 Å². The van der Waals surface area contributed by atoms with Crippen LogP contribution in [0.4, 0.5) is 0 Å². The SMILES string of the molecule is CN1CCC[C@@H]1CCN=C=O. The summed E-state index contributed by atoms with van der Waals surface area (Å²) in [7, 11) is 2.13. The molecule has 1 rings (SSSR count). The molecule has 0 N–H and O–H groups in total. The molecule has 0 saturated carbocycles. The van der Waals surface area contributed by atoms with Crippen molar-refractivity contribution in [2.75, 3.05) is 20.1 Å². The molecule has 3 nitrogen and oxygen atoms in total. The summed E-state index contributed by atoms with van der Waals surface area (Å²) in [4.78, 5) is 15.6. The molecular weight excluding hydrogens is 140 g/mol. The van der Waals surface area contributed by atoms with Gasteiger partial charge in [0, 0.05) is 6.04 Å². The second-order valence-corrected chi connectivity index (χ2v) is 3.04. The highest BCUT2D eigenvalue weighted by Crippen LogP contribution is 2.17. The highest BCUT2D eigenvalue weighted by atomic mass is 16.1. The molecular formula is C8H14N2O. The summed E-state index contributed by atoms with van der Waals surface area (Å²) in [5, 5.41) is 0. The van der Waals surface area contributed by atoms with Crippen molar-refractivity contribution in [3.05, 3.63) is 0 Å². The number of carbonyl (C=O) groups excluding carboxylic acids is 1. The van der Waals surface area contributed by atoms with Crippen LogP contribution in [0.3, 0.4) is 0 Å². The van der Waals surface area contributed by atoms with Gasteiger partial charge in [-0.3, -0.25) is 0 Å². The number of rotatable bonds is 3. The summed E-state index contributed by atoms with van der Waals surface area (Å²) in [6.07, 6.45) is 5.11. The van der Waals surface area contributed by atoms with E-state index in [1.165, 1.54) is 19.4 Å². The van der Waals surface area contributed by atoms with E-state index in [1.807, 2.05) is 0 Å². The zero-order valence-corrected chi connectivity index (χ0v) is 6.92. The van der Waals surface area contributed by atoms with E-state index in [0.29, 0.717) is 12.6 Å². The molecule has 0 amide bonds. The molecule has 0 aliphatic carbocycles. The first-order valence-corrected chi connectivity index (χ1v) is 4.08. The van der Waals surface area contributed by atoms with Crippen molar-refractivity contribution in [2.45, 2.75) is 25.3 Å². The molecule has 1 saturated heterocycles. The molecule has 0 aromatic carbocycles. The maximum Gasteiger partial charge on any atom is 0.234 e. The first-order chi connectivity index (χ1) is 5.34. The van der Waals surface area contributed by atoms with Crippen LogP contribution in [-0.4, -0.2) is 37.2 Å². The number of isocyanates is 1. The number of aliphatic imine (C=N–C) groups is 1. The Bertz CT molecular complexity index is 163. The normalized spacial score (nSPS) is 25.0. The number of hydrogen-bond acceptors (Lipinski definition) is 3. The lowest BCUT2D eigenvalue weighted by atomic mass is 10.1. The molecule has 0 aromatic rings. The van der Waals surface area contributed by atoms with Crippen LogP contribution < -0.4 is 0 Å². The van der Waals surface area contributed by atoms with Gasteiger partial charge < -0.3 is 4.90 Å². The van der Waals surface area contributed by atoms with Gasteiger partial charge in [0.2, 0.25) is 6.08 Å². The van der Waals surface area contributed by atoms with Crippen LogP contribution in [0.2, 0.25) is 0 Å². The molecule has 1 atom stereocenters. The average Bonchev–Trinajstić information content (AvgIpc) is 2.37. The molecule has 3 heteroatoms. The van der Waals surface area contributed by atoms with E-state index in [1.54, 1.807) is 6.08 Å². The van der Waals surface area contributed by atoms with Crippen LogP contribution in [0.1, 0.15) is 19.3 Å². The molecule has 1 fully saturated rings. The van der Waals surface area contributed by atoms with E-state index < -0.39 is 0 Å². The van der Waals surface area contributed by atoms with Gasteiger partial charge >= 0.3 is 0 Å². The van der Waals surface area contributed by atoms with E-state index in [4.69, 9.17) is 0 Å². The predicted octanol–water partition coefficient (Wildman–Crippen LogP) is 0.806. The number of nitrogens with zero attached hydrogens (tertiary/aromatic N) is 2. The second-order valence-electron chi connectivity index (χ2n) is 3.04. The van der Waals surface area contributed by atoms with E-state index in [2.05, 4.69) is 16.9 Å². The Morgan fingerprint density at radius 3 is 3.09 bits per heavy atom. The molecule has 0 bridgehead atoms. The molecule has 62 valence electrons. The molecule has 11 heavy (non-hydrogen) atoms. The van der Waals surface area contributed by atoms with Gasteiger partial charge in [0.15, 0.2) is 0 Å². The molecule has 1 aliphatic heterocycles. The third kappa shape index (κ3) is 2.45. The zero-order valence-electron chi connectivity index (χ0n) is 6.92. The van der Waals surface area contributed by atoms with Crippen molar-refractivity contribution in [1.29, 1.82) is 0 Å². The summed E-state index contributed by atoms with van der Waals surface area (Å²) < 4.78 is 0. The fourth-order valence-corrected chi connectivity index (χ4v) is 1.60.